The van der Waals surface area contributed by atoms with Crippen LogP contribution in [0.4, 0.5) is 11.4 Å². The summed E-state index contributed by atoms with van der Waals surface area (Å²) < 4.78 is 12.9. The molecule has 30 heavy (non-hydrogen) atoms. The van der Waals surface area contributed by atoms with Crippen molar-refractivity contribution in [3.63, 3.8) is 0 Å². The van der Waals surface area contributed by atoms with Gasteiger partial charge in [0, 0.05) is 13.0 Å². The Morgan fingerprint density at radius 3 is 1.73 bits per heavy atom. The van der Waals surface area contributed by atoms with Crippen LogP contribution in [-0.4, -0.2) is 33.4 Å². The molecule has 0 saturated heterocycles. The van der Waals surface area contributed by atoms with Gasteiger partial charge < -0.3 is 0 Å². The van der Waals surface area contributed by atoms with Crippen molar-refractivity contribution in [3.8, 4) is 0 Å². The summed E-state index contributed by atoms with van der Waals surface area (Å²) in [7, 11) is -1.38. The quantitative estimate of drug-likeness (QED) is 0.613. The van der Waals surface area contributed by atoms with Gasteiger partial charge in [0.05, 0.1) is 43.1 Å². The van der Waals surface area contributed by atoms with Crippen LogP contribution in [0.2, 0.25) is 0 Å². The monoisotopic (exact) mass is 416 g/mol. The molecule has 2 heterocycles. The minimum Gasteiger partial charge on any atom is -0.279 e. The Morgan fingerprint density at radius 1 is 0.733 bits per heavy atom. The van der Waals surface area contributed by atoms with E-state index in [2.05, 4.69) is 0 Å². The topological polar surface area (TPSA) is 74.8 Å². The van der Waals surface area contributed by atoms with E-state index in [9.17, 15) is 18.6 Å². The van der Waals surface area contributed by atoms with Crippen molar-refractivity contribution < 1.29 is 18.6 Å². The van der Waals surface area contributed by atoms with E-state index in [0.29, 0.717) is 32.3 Å². The molecule has 0 N–H and O–H groups in total. The Balaban J connectivity index is 1.44. The third-order valence-electron chi connectivity index (χ3n) is 5.29. The number of rotatable bonds is 3. The lowest BCUT2D eigenvalue weighted by Crippen LogP contribution is -2.36. The van der Waals surface area contributed by atoms with Crippen molar-refractivity contribution in [2.45, 2.75) is 16.2 Å². The normalized spacial score (nSPS) is 15.1. The average molecular weight is 416 g/mol. The SMILES string of the molecule is O=C1c2ccccc2C(=O)N1CCC(=O)N1c2ccccc2S(=O)c2ccccc21. The molecule has 0 spiro atoms. The molecule has 6 nitrogen and oxygen atoms in total. The zero-order valence-electron chi connectivity index (χ0n) is 15.8. The van der Waals surface area contributed by atoms with Crippen molar-refractivity contribution in [3.05, 3.63) is 83.9 Å². The van der Waals surface area contributed by atoms with E-state index < -0.39 is 10.8 Å². The highest BCUT2D eigenvalue weighted by atomic mass is 32.2. The maximum absolute atomic E-state index is 13.3. The molecule has 3 amide bonds. The summed E-state index contributed by atoms with van der Waals surface area (Å²) in [6.45, 7) is -0.0187. The number of benzene rings is 3. The van der Waals surface area contributed by atoms with Gasteiger partial charge >= 0.3 is 0 Å². The van der Waals surface area contributed by atoms with Crippen LogP contribution in [0.25, 0.3) is 0 Å². The van der Waals surface area contributed by atoms with Gasteiger partial charge in [0.2, 0.25) is 5.91 Å². The maximum Gasteiger partial charge on any atom is 0.261 e. The first-order chi connectivity index (χ1) is 14.6. The van der Waals surface area contributed by atoms with Gasteiger partial charge in [-0.2, -0.15) is 0 Å². The largest absolute Gasteiger partial charge is 0.279 e. The zero-order valence-corrected chi connectivity index (χ0v) is 16.6. The summed E-state index contributed by atoms with van der Waals surface area (Å²) in [6, 6.07) is 20.8. The molecule has 3 aromatic rings. The van der Waals surface area contributed by atoms with Crippen molar-refractivity contribution in [2.24, 2.45) is 0 Å². The van der Waals surface area contributed by atoms with Crippen molar-refractivity contribution >= 4 is 39.9 Å². The lowest BCUT2D eigenvalue weighted by molar-refractivity contribution is -0.118. The lowest BCUT2D eigenvalue weighted by Gasteiger charge is -2.31. The fraction of sp³-hybridized carbons (Fsp3) is 0.0870. The number of carbonyl (C=O) groups excluding carboxylic acids is 3. The van der Waals surface area contributed by atoms with Crippen LogP contribution in [0.1, 0.15) is 27.1 Å². The summed E-state index contributed by atoms with van der Waals surface area (Å²) in [5.74, 6) is -1.05. The Kier molecular flexibility index (Phi) is 4.33. The average Bonchev–Trinajstić information content (AvgIpc) is 3.02. The smallest absolute Gasteiger partial charge is 0.261 e. The van der Waals surface area contributed by atoms with Crippen LogP contribution >= 0.6 is 0 Å². The molecule has 7 heteroatoms. The first-order valence-corrected chi connectivity index (χ1v) is 10.6. The molecule has 0 fully saturated rings. The summed E-state index contributed by atoms with van der Waals surface area (Å²) in [5, 5.41) is 0. The number of imide groups is 1. The first-order valence-electron chi connectivity index (χ1n) is 9.46. The molecule has 0 bridgehead atoms. The van der Waals surface area contributed by atoms with Crippen LogP contribution in [0, 0.1) is 0 Å². The third kappa shape index (κ3) is 2.70. The van der Waals surface area contributed by atoms with E-state index in [-0.39, 0.29) is 30.7 Å². The summed E-state index contributed by atoms with van der Waals surface area (Å²) in [4.78, 5) is 42.2. The van der Waals surface area contributed by atoms with Gasteiger partial charge in [0.1, 0.15) is 0 Å². The molecule has 3 aromatic carbocycles. The highest BCUT2D eigenvalue weighted by Crippen LogP contribution is 2.42. The fourth-order valence-corrected chi connectivity index (χ4v) is 5.22. The van der Waals surface area contributed by atoms with Crippen LogP contribution in [0.3, 0.4) is 0 Å². The summed E-state index contributed by atoms with van der Waals surface area (Å²) >= 11 is 0. The van der Waals surface area contributed by atoms with E-state index in [1.54, 1.807) is 72.8 Å². The standard InChI is InChI=1S/C23H16N2O4S/c26-21(13-14-24-22(27)15-7-1-2-8-16(15)23(24)28)25-17-9-3-5-11-19(17)30(29)20-12-6-4-10-18(20)25/h1-12H,13-14H2. The molecule has 0 unspecified atom stereocenters. The molecule has 0 aliphatic carbocycles. The number of nitrogens with zero attached hydrogens (tertiary/aromatic N) is 2. The van der Waals surface area contributed by atoms with Crippen LogP contribution < -0.4 is 4.90 Å². The van der Waals surface area contributed by atoms with Crippen LogP contribution in [0.15, 0.2) is 82.6 Å². The highest BCUT2D eigenvalue weighted by Gasteiger charge is 2.36. The Bertz CT molecular complexity index is 1170. The number of para-hydroxylation sites is 2. The van der Waals surface area contributed by atoms with Crippen molar-refractivity contribution in [2.75, 3.05) is 11.4 Å². The summed E-state index contributed by atoms with van der Waals surface area (Å²) in [5.41, 5.74) is 1.84. The van der Waals surface area contributed by atoms with Gasteiger partial charge in [0.15, 0.2) is 0 Å². The molecule has 2 aliphatic rings. The maximum atomic E-state index is 13.3. The number of hydrogen-bond acceptors (Lipinski definition) is 4. The molecule has 0 aromatic heterocycles. The predicted octanol–water partition coefficient (Wildman–Crippen LogP) is 3.52. The number of fused-ring (bicyclic) bond motifs is 3. The van der Waals surface area contributed by atoms with Gasteiger partial charge in [0.25, 0.3) is 11.8 Å². The Hall–Kier alpha value is -3.58. The second kappa shape index (κ2) is 7.03. The van der Waals surface area contributed by atoms with E-state index >= 15 is 0 Å². The van der Waals surface area contributed by atoms with E-state index in [0.717, 1.165) is 4.90 Å². The molecular weight excluding hydrogens is 400 g/mol. The molecule has 0 radical (unpaired) electrons. The highest BCUT2D eigenvalue weighted by molar-refractivity contribution is 7.85. The summed E-state index contributed by atoms with van der Waals surface area (Å²) in [6.07, 6.45) is -0.0409. The van der Waals surface area contributed by atoms with Gasteiger partial charge in [-0.1, -0.05) is 36.4 Å². The molecule has 5 rings (SSSR count). The Labute approximate surface area is 175 Å². The molecule has 148 valence electrons. The minimum atomic E-state index is -1.38. The number of anilines is 2. The van der Waals surface area contributed by atoms with Gasteiger partial charge in [-0.15, -0.1) is 0 Å². The number of carbonyl (C=O) groups is 3. The molecule has 2 aliphatic heterocycles. The minimum absolute atomic E-state index is 0.0187. The second-order valence-electron chi connectivity index (χ2n) is 6.99. The third-order valence-corrected chi connectivity index (χ3v) is 6.78. The molecule has 0 saturated carbocycles. The number of hydrogen-bond donors (Lipinski definition) is 0. The number of amides is 3. The van der Waals surface area contributed by atoms with Crippen LogP contribution in [0.5, 0.6) is 0 Å². The van der Waals surface area contributed by atoms with Crippen LogP contribution in [-0.2, 0) is 15.6 Å². The lowest BCUT2D eigenvalue weighted by atomic mass is 10.1. The van der Waals surface area contributed by atoms with Gasteiger partial charge in [-0.05, 0) is 36.4 Å². The Morgan fingerprint density at radius 2 is 1.20 bits per heavy atom. The first kappa shape index (κ1) is 18.4. The zero-order chi connectivity index (χ0) is 20.8. The molecular formula is C23H16N2O4S. The van der Waals surface area contributed by atoms with Crippen molar-refractivity contribution in [1.82, 2.24) is 4.90 Å². The van der Waals surface area contributed by atoms with Gasteiger partial charge in [-0.25, -0.2) is 4.21 Å². The van der Waals surface area contributed by atoms with Gasteiger partial charge in [-0.3, -0.25) is 24.2 Å². The van der Waals surface area contributed by atoms with E-state index in [1.807, 2.05) is 0 Å². The predicted molar refractivity (Wildman–Crippen MR) is 111 cm³/mol. The second-order valence-corrected chi connectivity index (χ2v) is 8.41. The van der Waals surface area contributed by atoms with E-state index in [1.165, 1.54) is 4.90 Å². The van der Waals surface area contributed by atoms with E-state index in [4.69, 9.17) is 0 Å². The van der Waals surface area contributed by atoms with Crippen molar-refractivity contribution in [1.29, 1.82) is 0 Å². The molecule has 0 atom stereocenters. The fourth-order valence-electron chi connectivity index (χ4n) is 3.88.